The Hall–Kier alpha value is -2.07. The molecule has 1 aliphatic carbocycles. The molecule has 0 unspecified atom stereocenters. The highest BCUT2D eigenvalue weighted by atomic mass is 35.5. The standard InChI is InChI=1S/C19H19ClFNO2/c20-16-5-3-6-17(21)15(16)12-22(14-9-10-14)19(24)11-8-13-4-1-2-7-18(13)23/h1-7,14,23H,8-12H2. The molecule has 1 fully saturated rings. The smallest absolute Gasteiger partial charge is 0.223 e. The average Bonchev–Trinajstić information content (AvgIpc) is 3.38. The van der Waals surface area contributed by atoms with E-state index in [4.69, 9.17) is 11.6 Å². The summed E-state index contributed by atoms with van der Waals surface area (Å²) < 4.78 is 14.0. The van der Waals surface area contributed by atoms with E-state index >= 15 is 0 Å². The Morgan fingerprint density at radius 3 is 2.62 bits per heavy atom. The lowest BCUT2D eigenvalue weighted by Crippen LogP contribution is -2.33. The molecule has 2 aromatic rings. The number of rotatable bonds is 6. The monoisotopic (exact) mass is 347 g/mol. The van der Waals surface area contributed by atoms with Gasteiger partial charge in [-0.25, -0.2) is 4.39 Å². The zero-order valence-electron chi connectivity index (χ0n) is 13.2. The van der Waals surface area contributed by atoms with Crippen LogP contribution in [-0.4, -0.2) is 22.0 Å². The molecule has 0 heterocycles. The number of aryl methyl sites for hydroxylation is 1. The van der Waals surface area contributed by atoms with Crippen LogP contribution in [0.5, 0.6) is 5.75 Å². The zero-order valence-corrected chi connectivity index (χ0v) is 14.0. The normalized spacial score (nSPS) is 13.8. The molecule has 0 aromatic heterocycles. The molecule has 2 aromatic carbocycles. The van der Waals surface area contributed by atoms with Crippen molar-refractivity contribution in [2.75, 3.05) is 0 Å². The molecular weight excluding hydrogens is 329 g/mol. The van der Waals surface area contributed by atoms with Crippen molar-refractivity contribution in [3.05, 3.63) is 64.4 Å². The summed E-state index contributed by atoms with van der Waals surface area (Å²) in [5.74, 6) is -0.234. The Bertz CT molecular complexity index is 726. The van der Waals surface area contributed by atoms with E-state index < -0.39 is 0 Å². The second-order valence-corrected chi connectivity index (χ2v) is 6.49. The molecule has 24 heavy (non-hydrogen) atoms. The van der Waals surface area contributed by atoms with E-state index in [2.05, 4.69) is 0 Å². The van der Waals surface area contributed by atoms with Crippen LogP contribution in [-0.2, 0) is 17.8 Å². The number of carbonyl (C=O) groups excluding carboxylic acids is 1. The molecule has 1 N–H and O–H groups in total. The summed E-state index contributed by atoms with van der Waals surface area (Å²) in [5.41, 5.74) is 1.10. The fraction of sp³-hybridized carbons (Fsp3) is 0.316. The Morgan fingerprint density at radius 1 is 1.21 bits per heavy atom. The highest BCUT2D eigenvalue weighted by Crippen LogP contribution is 2.31. The van der Waals surface area contributed by atoms with E-state index in [1.54, 1.807) is 35.2 Å². The Morgan fingerprint density at radius 2 is 1.96 bits per heavy atom. The first-order valence-electron chi connectivity index (χ1n) is 8.05. The summed E-state index contributed by atoms with van der Waals surface area (Å²) in [6.07, 6.45) is 2.61. The third-order valence-corrected chi connectivity index (χ3v) is 4.65. The van der Waals surface area contributed by atoms with Gasteiger partial charge in [0.25, 0.3) is 0 Å². The van der Waals surface area contributed by atoms with E-state index in [0.717, 1.165) is 18.4 Å². The number of amides is 1. The molecule has 0 aliphatic heterocycles. The topological polar surface area (TPSA) is 40.5 Å². The van der Waals surface area contributed by atoms with Crippen LogP contribution in [0.1, 0.15) is 30.4 Å². The van der Waals surface area contributed by atoms with Crippen molar-refractivity contribution in [2.45, 2.75) is 38.3 Å². The van der Waals surface area contributed by atoms with E-state index in [1.807, 2.05) is 6.07 Å². The number of hydrogen-bond donors (Lipinski definition) is 1. The van der Waals surface area contributed by atoms with Gasteiger partial charge in [0.1, 0.15) is 11.6 Å². The minimum absolute atomic E-state index is 0.0416. The largest absolute Gasteiger partial charge is 0.508 e. The number of halogens is 2. The van der Waals surface area contributed by atoms with Crippen molar-refractivity contribution >= 4 is 17.5 Å². The van der Waals surface area contributed by atoms with Crippen molar-refractivity contribution in [2.24, 2.45) is 0 Å². The summed E-state index contributed by atoms with van der Waals surface area (Å²) in [5, 5.41) is 10.1. The summed E-state index contributed by atoms with van der Waals surface area (Å²) in [6.45, 7) is 0.190. The van der Waals surface area contributed by atoms with Crippen molar-refractivity contribution in [3.63, 3.8) is 0 Å². The molecule has 0 atom stereocenters. The van der Waals surface area contributed by atoms with E-state index in [0.29, 0.717) is 17.0 Å². The summed E-state index contributed by atoms with van der Waals surface area (Å²) in [7, 11) is 0. The number of para-hydroxylation sites is 1. The van der Waals surface area contributed by atoms with Gasteiger partial charge in [-0.2, -0.15) is 0 Å². The Labute approximate surface area is 145 Å². The van der Waals surface area contributed by atoms with Gasteiger partial charge in [-0.15, -0.1) is 0 Å². The lowest BCUT2D eigenvalue weighted by molar-refractivity contribution is -0.132. The fourth-order valence-electron chi connectivity index (χ4n) is 2.77. The van der Waals surface area contributed by atoms with E-state index in [-0.39, 0.29) is 36.5 Å². The zero-order chi connectivity index (χ0) is 17.1. The van der Waals surface area contributed by atoms with Gasteiger partial charge in [-0.05, 0) is 43.0 Å². The van der Waals surface area contributed by atoms with Crippen LogP contribution >= 0.6 is 11.6 Å². The minimum Gasteiger partial charge on any atom is -0.508 e. The molecule has 0 radical (unpaired) electrons. The van der Waals surface area contributed by atoms with Gasteiger partial charge in [-0.3, -0.25) is 4.79 Å². The number of carbonyl (C=O) groups is 1. The summed E-state index contributed by atoms with van der Waals surface area (Å²) in [6, 6.07) is 11.7. The lowest BCUT2D eigenvalue weighted by Gasteiger charge is -2.23. The average molecular weight is 348 g/mol. The molecule has 3 rings (SSSR count). The highest BCUT2D eigenvalue weighted by molar-refractivity contribution is 6.31. The quantitative estimate of drug-likeness (QED) is 0.846. The summed E-state index contributed by atoms with van der Waals surface area (Å²) >= 11 is 6.09. The molecule has 0 saturated heterocycles. The van der Waals surface area contributed by atoms with Gasteiger partial charge < -0.3 is 10.0 Å². The van der Waals surface area contributed by atoms with Crippen LogP contribution < -0.4 is 0 Å². The van der Waals surface area contributed by atoms with Crippen molar-refractivity contribution < 1.29 is 14.3 Å². The fourth-order valence-corrected chi connectivity index (χ4v) is 2.99. The molecule has 1 saturated carbocycles. The third kappa shape index (κ3) is 3.88. The molecule has 5 heteroatoms. The maximum Gasteiger partial charge on any atom is 0.223 e. The van der Waals surface area contributed by atoms with Gasteiger partial charge in [0.15, 0.2) is 0 Å². The maximum absolute atomic E-state index is 14.0. The molecule has 0 bridgehead atoms. The van der Waals surface area contributed by atoms with Gasteiger partial charge in [-0.1, -0.05) is 35.9 Å². The number of phenolic OH excluding ortho intramolecular Hbond substituents is 1. The minimum atomic E-state index is -0.387. The van der Waals surface area contributed by atoms with Gasteiger partial charge in [0.2, 0.25) is 5.91 Å². The molecule has 1 aliphatic rings. The number of nitrogens with zero attached hydrogens (tertiary/aromatic N) is 1. The Balaban J connectivity index is 1.69. The predicted octanol–water partition coefficient (Wildman–Crippen LogP) is 4.31. The molecule has 126 valence electrons. The number of phenols is 1. The first-order chi connectivity index (χ1) is 11.6. The first kappa shape index (κ1) is 16.8. The van der Waals surface area contributed by atoms with Crippen LogP contribution in [0.2, 0.25) is 5.02 Å². The number of benzene rings is 2. The Kier molecular flexibility index (Phi) is 5.05. The van der Waals surface area contributed by atoms with Crippen molar-refractivity contribution in [1.82, 2.24) is 4.90 Å². The lowest BCUT2D eigenvalue weighted by atomic mass is 10.1. The number of aromatic hydroxyl groups is 1. The van der Waals surface area contributed by atoms with Crippen LogP contribution in [0.15, 0.2) is 42.5 Å². The van der Waals surface area contributed by atoms with Crippen molar-refractivity contribution in [1.29, 1.82) is 0 Å². The highest BCUT2D eigenvalue weighted by Gasteiger charge is 2.33. The van der Waals surface area contributed by atoms with Crippen LogP contribution in [0, 0.1) is 5.82 Å². The molecule has 1 amide bonds. The van der Waals surface area contributed by atoms with Crippen LogP contribution in [0.4, 0.5) is 4.39 Å². The second kappa shape index (κ2) is 7.22. The molecular formula is C19H19ClFNO2. The van der Waals surface area contributed by atoms with Gasteiger partial charge in [0, 0.05) is 23.0 Å². The SMILES string of the molecule is O=C(CCc1ccccc1O)N(Cc1c(F)cccc1Cl)C1CC1. The van der Waals surface area contributed by atoms with Crippen LogP contribution in [0.25, 0.3) is 0 Å². The third-order valence-electron chi connectivity index (χ3n) is 4.30. The van der Waals surface area contributed by atoms with Crippen LogP contribution in [0.3, 0.4) is 0 Å². The maximum atomic E-state index is 14.0. The predicted molar refractivity (Wildman–Crippen MR) is 91.4 cm³/mol. The second-order valence-electron chi connectivity index (χ2n) is 6.08. The van der Waals surface area contributed by atoms with Crippen molar-refractivity contribution in [3.8, 4) is 5.75 Å². The van der Waals surface area contributed by atoms with E-state index in [1.165, 1.54) is 6.07 Å². The first-order valence-corrected chi connectivity index (χ1v) is 8.43. The molecule has 3 nitrogen and oxygen atoms in total. The van der Waals surface area contributed by atoms with Gasteiger partial charge >= 0.3 is 0 Å². The molecule has 0 spiro atoms. The van der Waals surface area contributed by atoms with E-state index in [9.17, 15) is 14.3 Å². The summed E-state index contributed by atoms with van der Waals surface area (Å²) in [4.78, 5) is 14.3. The number of hydrogen-bond acceptors (Lipinski definition) is 2. The van der Waals surface area contributed by atoms with Gasteiger partial charge in [0.05, 0.1) is 6.54 Å².